The van der Waals surface area contributed by atoms with Gasteiger partial charge < -0.3 is 5.32 Å². The van der Waals surface area contributed by atoms with E-state index in [1.54, 1.807) is 18.3 Å². The van der Waals surface area contributed by atoms with Gasteiger partial charge in [0.25, 0.3) is 0 Å². The lowest BCUT2D eigenvalue weighted by Crippen LogP contribution is -2.55. The fraction of sp³-hybridized carbons (Fsp3) is 0.250. The molecule has 1 aliphatic heterocycles. The highest BCUT2D eigenvalue weighted by atomic mass is 35.5. The second kappa shape index (κ2) is 7.29. The molecule has 1 saturated heterocycles. The molecule has 132 valence electrons. The molecule has 0 bridgehead atoms. The molecular formula is C16H15Cl2N3O3S. The van der Waals surface area contributed by atoms with E-state index in [1.807, 2.05) is 6.07 Å². The predicted molar refractivity (Wildman–Crippen MR) is 94.8 cm³/mol. The number of halogens is 2. The maximum absolute atomic E-state index is 12.5. The van der Waals surface area contributed by atoms with E-state index in [-0.39, 0.29) is 39.9 Å². The van der Waals surface area contributed by atoms with E-state index in [1.165, 1.54) is 22.5 Å². The van der Waals surface area contributed by atoms with Crippen LogP contribution in [0.5, 0.6) is 0 Å². The van der Waals surface area contributed by atoms with E-state index in [0.717, 1.165) is 5.69 Å². The quantitative estimate of drug-likeness (QED) is 0.836. The molecule has 0 spiro atoms. The lowest BCUT2D eigenvalue weighted by molar-refractivity contribution is -0.128. The van der Waals surface area contributed by atoms with Crippen LogP contribution in [0.15, 0.2) is 47.5 Å². The van der Waals surface area contributed by atoms with Gasteiger partial charge >= 0.3 is 0 Å². The highest BCUT2D eigenvalue weighted by Crippen LogP contribution is 2.29. The van der Waals surface area contributed by atoms with Gasteiger partial charge in [0.15, 0.2) is 0 Å². The molecule has 1 aromatic carbocycles. The van der Waals surface area contributed by atoms with Gasteiger partial charge in [-0.3, -0.25) is 9.78 Å². The van der Waals surface area contributed by atoms with Gasteiger partial charge in [-0.25, -0.2) is 8.42 Å². The zero-order valence-corrected chi connectivity index (χ0v) is 15.4. The fourth-order valence-electron chi connectivity index (χ4n) is 2.45. The fourth-order valence-corrected chi connectivity index (χ4v) is 4.71. The minimum Gasteiger partial charge on any atom is -0.350 e. The molecule has 2 heterocycles. The number of aromatic nitrogens is 1. The van der Waals surface area contributed by atoms with E-state index in [9.17, 15) is 13.2 Å². The maximum atomic E-state index is 12.5. The molecule has 1 aromatic heterocycles. The molecule has 1 amide bonds. The van der Waals surface area contributed by atoms with E-state index < -0.39 is 10.0 Å². The summed E-state index contributed by atoms with van der Waals surface area (Å²) in [5.74, 6) is -0.575. The van der Waals surface area contributed by atoms with Crippen LogP contribution in [0.2, 0.25) is 10.0 Å². The summed E-state index contributed by atoms with van der Waals surface area (Å²) in [7, 11) is -3.71. The Labute approximate surface area is 155 Å². The Morgan fingerprint density at radius 3 is 2.48 bits per heavy atom. The maximum Gasteiger partial charge on any atom is 0.243 e. The summed E-state index contributed by atoms with van der Waals surface area (Å²) in [6.07, 6.45) is 1.65. The van der Waals surface area contributed by atoms with Crippen molar-refractivity contribution in [3.8, 4) is 0 Å². The first-order chi connectivity index (χ1) is 11.9. The third kappa shape index (κ3) is 4.12. The molecule has 1 fully saturated rings. The van der Waals surface area contributed by atoms with Gasteiger partial charge in [0.05, 0.1) is 23.1 Å². The molecule has 1 N–H and O–H groups in total. The molecule has 0 saturated carbocycles. The normalized spacial score (nSPS) is 15.6. The summed E-state index contributed by atoms with van der Waals surface area (Å²) in [6, 6.07) is 9.59. The lowest BCUT2D eigenvalue weighted by atomic mass is 10.0. The smallest absolute Gasteiger partial charge is 0.243 e. The number of sulfonamides is 1. The number of benzene rings is 1. The molecule has 6 nitrogen and oxygen atoms in total. The van der Waals surface area contributed by atoms with Gasteiger partial charge in [0, 0.05) is 29.3 Å². The Balaban J connectivity index is 1.58. The molecule has 9 heteroatoms. The first-order valence-electron chi connectivity index (χ1n) is 7.50. The molecule has 0 radical (unpaired) electrons. The lowest BCUT2D eigenvalue weighted by Gasteiger charge is -2.37. The minimum absolute atomic E-state index is 0.0253. The van der Waals surface area contributed by atoms with Crippen molar-refractivity contribution < 1.29 is 13.2 Å². The van der Waals surface area contributed by atoms with Gasteiger partial charge in [-0.15, -0.1) is 0 Å². The zero-order chi connectivity index (χ0) is 18.0. The zero-order valence-electron chi connectivity index (χ0n) is 13.0. The minimum atomic E-state index is -3.71. The van der Waals surface area contributed by atoms with Gasteiger partial charge in [0.2, 0.25) is 15.9 Å². The van der Waals surface area contributed by atoms with Gasteiger partial charge in [-0.2, -0.15) is 4.31 Å². The van der Waals surface area contributed by atoms with Gasteiger partial charge in [-0.05, 0) is 30.3 Å². The molecule has 0 atom stereocenters. The Kier molecular flexibility index (Phi) is 5.29. The highest BCUT2D eigenvalue weighted by Gasteiger charge is 2.40. The predicted octanol–water partition coefficient (Wildman–Crippen LogP) is 2.33. The number of hydrogen-bond donors (Lipinski definition) is 1. The first-order valence-corrected chi connectivity index (χ1v) is 9.70. The topological polar surface area (TPSA) is 79.4 Å². The molecule has 25 heavy (non-hydrogen) atoms. The van der Waals surface area contributed by atoms with Crippen LogP contribution in [-0.4, -0.2) is 36.7 Å². The number of pyridine rings is 1. The molecule has 0 aliphatic carbocycles. The summed E-state index contributed by atoms with van der Waals surface area (Å²) in [4.78, 5) is 16.3. The average molecular weight is 400 g/mol. The average Bonchev–Trinajstić information content (AvgIpc) is 2.51. The Hall–Kier alpha value is -1.67. The number of nitrogens with one attached hydrogen (secondary N) is 1. The van der Waals surface area contributed by atoms with Crippen LogP contribution in [0.3, 0.4) is 0 Å². The van der Waals surface area contributed by atoms with Crippen molar-refractivity contribution in [2.75, 3.05) is 13.1 Å². The van der Waals surface area contributed by atoms with Crippen molar-refractivity contribution in [3.05, 3.63) is 58.3 Å². The number of carbonyl (C=O) groups excluding carboxylic acids is 1. The van der Waals surface area contributed by atoms with E-state index in [0.29, 0.717) is 6.54 Å². The summed E-state index contributed by atoms with van der Waals surface area (Å²) < 4.78 is 26.3. The van der Waals surface area contributed by atoms with Crippen LogP contribution < -0.4 is 5.32 Å². The van der Waals surface area contributed by atoms with Crippen LogP contribution in [0, 0.1) is 5.92 Å². The van der Waals surface area contributed by atoms with Crippen molar-refractivity contribution in [3.63, 3.8) is 0 Å². The van der Waals surface area contributed by atoms with Crippen LogP contribution in [0.1, 0.15) is 5.69 Å². The van der Waals surface area contributed by atoms with E-state index in [2.05, 4.69) is 10.3 Å². The highest BCUT2D eigenvalue weighted by molar-refractivity contribution is 7.89. The number of nitrogens with zero attached hydrogens (tertiary/aromatic N) is 2. The molecule has 3 rings (SSSR count). The van der Waals surface area contributed by atoms with Crippen molar-refractivity contribution in [1.29, 1.82) is 0 Å². The van der Waals surface area contributed by atoms with Crippen LogP contribution in [0.4, 0.5) is 0 Å². The van der Waals surface area contributed by atoms with Crippen molar-refractivity contribution >= 4 is 39.1 Å². The van der Waals surface area contributed by atoms with E-state index in [4.69, 9.17) is 23.2 Å². The molecule has 2 aromatic rings. The number of amides is 1. The van der Waals surface area contributed by atoms with Crippen molar-refractivity contribution in [2.45, 2.75) is 11.4 Å². The van der Waals surface area contributed by atoms with Crippen LogP contribution in [-0.2, 0) is 21.4 Å². The SMILES string of the molecule is O=C(NCc1ccccn1)C1CN(S(=O)(=O)c2cc(Cl)cc(Cl)c2)C1. The number of carbonyl (C=O) groups is 1. The summed E-state index contributed by atoms with van der Waals surface area (Å²) in [5, 5.41) is 3.26. The largest absolute Gasteiger partial charge is 0.350 e. The third-order valence-electron chi connectivity index (χ3n) is 3.86. The summed E-state index contributed by atoms with van der Waals surface area (Å²) >= 11 is 11.7. The van der Waals surface area contributed by atoms with Crippen LogP contribution in [0.25, 0.3) is 0 Å². The summed E-state index contributed by atoms with van der Waals surface area (Å²) in [5.41, 5.74) is 0.744. The van der Waals surface area contributed by atoms with Gasteiger partial charge in [0.1, 0.15) is 0 Å². The second-order valence-corrected chi connectivity index (χ2v) is 8.47. The molecule has 0 unspecified atom stereocenters. The standard InChI is InChI=1S/C16H15Cl2N3O3S/c17-12-5-13(18)7-15(6-12)25(23,24)21-9-11(10-21)16(22)20-8-14-3-1-2-4-19-14/h1-7,11H,8-10H2,(H,20,22). The van der Waals surface area contributed by atoms with E-state index >= 15 is 0 Å². The number of rotatable bonds is 5. The Morgan fingerprint density at radius 1 is 1.20 bits per heavy atom. The van der Waals surface area contributed by atoms with Gasteiger partial charge in [-0.1, -0.05) is 29.3 Å². The van der Waals surface area contributed by atoms with Crippen molar-refractivity contribution in [2.24, 2.45) is 5.92 Å². The molecular weight excluding hydrogens is 385 g/mol. The Bertz CT molecular complexity index is 865. The first kappa shape index (κ1) is 18.1. The Morgan fingerprint density at radius 2 is 1.88 bits per heavy atom. The second-order valence-electron chi connectivity index (χ2n) is 5.66. The third-order valence-corrected chi connectivity index (χ3v) is 6.11. The monoisotopic (exact) mass is 399 g/mol. The van der Waals surface area contributed by atoms with Crippen molar-refractivity contribution in [1.82, 2.24) is 14.6 Å². The summed E-state index contributed by atoms with van der Waals surface area (Å²) in [6.45, 7) is 0.563. The van der Waals surface area contributed by atoms with Crippen LogP contribution >= 0.6 is 23.2 Å². The number of hydrogen-bond acceptors (Lipinski definition) is 4. The molecule has 1 aliphatic rings.